The number of nitrogens with zero attached hydrogens (tertiary/aromatic N) is 2. The maximum absolute atomic E-state index is 5.62. The van der Waals surface area contributed by atoms with Crippen LogP contribution in [0.2, 0.25) is 0 Å². The van der Waals surface area contributed by atoms with Gasteiger partial charge in [-0.1, -0.05) is 49.1 Å². The molecule has 27 heavy (non-hydrogen) atoms. The molecule has 3 aromatic rings. The second kappa shape index (κ2) is 9.05. The maximum Gasteiger partial charge on any atom is 0.161 e. The van der Waals surface area contributed by atoms with E-state index >= 15 is 0 Å². The van der Waals surface area contributed by atoms with Gasteiger partial charge in [0, 0.05) is 26.0 Å². The average molecular weight is 363 g/mol. The summed E-state index contributed by atoms with van der Waals surface area (Å²) in [6.07, 6.45) is 5.50. The van der Waals surface area contributed by atoms with Crippen LogP contribution < -0.4 is 14.8 Å². The minimum absolute atomic E-state index is 0.00566. The summed E-state index contributed by atoms with van der Waals surface area (Å²) in [6, 6.07) is 16.3. The first-order valence-electron chi connectivity index (χ1n) is 8.89. The number of rotatable bonds is 9. The van der Waals surface area contributed by atoms with E-state index in [1.165, 1.54) is 5.56 Å². The number of benzene rings is 2. The highest BCUT2D eigenvalue weighted by molar-refractivity contribution is 5.43. The predicted octanol–water partition coefficient (Wildman–Crippen LogP) is 3.87. The smallest absolute Gasteiger partial charge is 0.161 e. The van der Waals surface area contributed by atoms with E-state index in [2.05, 4.69) is 29.0 Å². The minimum Gasteiger partial charge on any atom is -0.493 e. The fourth-order valence-electron chi connectivity index (χ4n) is 2.97. The Morgan fingerprint density at radius 1 is 1.19 bits per heavy atom. The molecule has 0 spiro atoms. The molecule has 3 rings (SSSR count). The lowest BCUT2D eigenvalue weighted by Crippen LogP contribution is -2.24. The molecule has 0 saturated heterocycles. The van der Waals surface area contributed by atoms with Crippen molar-refractivity contribution in [3.05, 3.63) is 90.5 Å². The predicted molar refractivity (Wildman–Crippen MR) is 107 cm³/mol. The number of aryl methyl sites for hydroxylation is 1. The third-order valence-electron chi connectivity index (χ3n) is 4.34. The number of hydrogen-bond donors (Lipinski definition) is 1. The van der Waals surface area contributed by atoms with Crippen LogP contribution in [-0.4, -0.2) is 23.3 Å². The first-order chi connectivity index (χ1) is 13.2. The molecule has 5 nitrogen and oxygen atoms in total. The van der Waals surface area contributed by atoms with E-state index in [4.69, 9.17) is 9.47 Å². The highest BCUT2D eigenvalue weighted by Crippen LogP contribution is 2.29. The Bertz CT molecular complexity index is 874. The molecule has 1 aromatic heterocycles. The minimum atomic E-state index is -0.00566. The van der Waals surface area contributed by atoms with Crippen molar-refractivity contribution >= 4 is 0 Å². The summed E-state index contributed by atoms with van der Waals surface area (Å²) in [5.74, 6) is 2.40. The molecule has 0 aliphatic heterocycles. The molecule has 0 unspecified atom stereocenters. The first kappa shape index (κ1) is 18.7. The Labute approximate surface area is 160 Å². The van der Waals surface area contributed by atoms with Gasteiger partial charge in [-0.15, -0.1) is 0 Å². The molecular weight excluding hydrogens is 338 g/mol. The van der Waals surface area contributed by atoms with Crippen LogP contribution in [0, 0.1) is 0 Å². The van der Waals surface area contributed by atoms with Gasteiger partial charge in [0.25, 0.3) is 0 Å². The second-order valence-corrected chi connectivity index (χ2v) is 6.21. The van der Waals surface area contributed by atoms with Gasteiger partial charge in [-0.3, -0.25) is 5.32 Å². The van der Waals surface area contributed by atoms with E-state index in [0.717, 1.165) is 11.4 Å². The number of aromatic nitrogens is 2. The Hall–Kier alpha value is -3.05. The van der Waals surface area contributed by atoms with Gasteiger partial charge < -0.3 is 14.0 Å². The number of hydrogen-bond acceptors (Lipinski definition) is 4. The van der Waals surface area contributed by atoms with Crippen molar-refractivity contribution in [2.75, 3.05) is 13.7 Å². The van der Waals surface area contributed by atoms with Gasteiger partial charge in [0.05, 0.1) is 13.2 Å². The van der Waals surface area contributed by atoms with Crippen molar-refractivity contribution in [2.24, 2.45) is 7.05 Å². The molecule has 0 fully saturated rings. The molecule has 5 heteroatoms. The second-order valence-electron chi connectivity index (χ2n) is 6.21. The van der Waals surface area contributed by atoms with E-state index in [0.29, 0.717) is 24.7 Å². The fraction of sp³-hybridized carbons (Fsp3) is 0.227. The number of nitrogens with one attached hydrogen (secondary N) is 1. The summed E-state index contributed by atoms with van der Waals surface area (Å²) < 4.78 is 13.1. The number of methoxy groups -OCH3 is 1. The van der Waals surface area contributed by atoms with Crippen LogP contribution in [0.25, 0.3) is 0 Å². The lowest BCUT2D eigenvalue weighted by Gasteiger charge is -2.20. The zero-order valence-electron chi connectivity index (χ0n) is 15.8. The van der Waals surface area contributed by atoms with E-state index in [9.17, 15) is 0 Å². The van der Waals surface area contributed by atoms with Crippen molar-refractivity contribution in [3.8, 4) is 11.5 Å². The molecule has 0 radical (unpaired) electrons. The van der Waals surface area contributed by atoms with E-state index in [1.807, 2.05) is 60.4 Å². The third-order valence-corrected chi connectivity index (χ3v) is 4.34. The summed E-state index contributed by atoms with van der Waals surface area (Å²) in [5.41, 5.74) is 2.28. The van der Waals surface area contributed by atoms with Crippen LogP contribution in [0.3, 0.4) is 0 Å². The summed E-state index contributed by atoms with van der Waals surface area (Å²) in [4.78, 5) is 4.53. The van der Waals surface area contributed by atoms with Crippen molar-refractivity contribution in [2.45, 2.75) is 12.6 Å². The molecule has 0 saturated carbocycles. The van der Waals surface area contributed by atoms with Crippen LogP contribution in [0.4, 0.5) is 0 Å². The standard InChI is InChI=1S/C22H25N3O2/c1-4-14-27-19-11-10-17(15-20(19)26-3)16-24-21(18-8-6-5-7-9-18)22-23-12-13-25(22)2/h4-13,15,21,24H,1,14,16H2,2-3H3/t21-/m1/s1. The van der Waals surface area contributed by atoms with Crippen molar-refractivity contribution in [3.63, 3.8) is 0 Å². The van der Waals surface area contributed by atoms with E-state index in [1.54, 1.807) is 13.2 Å². The van der Waals surface area contributed by atoms with Crippen LogP contribution in [0.1, 0.15) is 23.0 Å². The van der Waals surface area contributed by atoms with Gasteiger partial charge in [-0.05, 0) is 23.3 Å². The Kier molecular flexibility index (Phi) is 6.28. The summed E-state index contributed by atoms with van der Waals surface area (Å²) in [5, 5.41) is 3.61. The first-order valence-corrected chi connectivity index (χ1v) is 8.89. The van der Waals surface area contributed by atoms with Crippen LogP contribution in [-0.2, 0) is 13.6 Å². The topological polar surface area (TPSA) is 48.3 Å². The molecule has 0 bridgehead atoms. The van der Waals surface area contributed by atoms with E-state index < -0.39 is 0 Å². The lowest BCUT2D eigenvalue weighted by molar-refractivity contribution is 0.326. The van der Waals surface area contributed by atoms with Gasteiger partial charge in [-0.2, -0.15) is 0 Å². The van der Waals surface area contributed by atoms with E-state index in [-0.39, 0.29) is 6.04 Å². The van der Waals surface area contributed by atoms with Gasteiger partial charge >= 0.3 is 0 Å². The summed E-state index contributed by atoms with van der Waals surface area (Å²) >= 11 is 0. The molecule has 0 aliphatic rings. The average Bonchev–Trinajstić information content (AvgIpc) is 3.13. The van der Waals surface area contributed by atoms with Gasteiger partial charge in [-0.25, -0.2) is 4.98 Å². The highest BCUT2D eigenvalue weighted by Gasteiger charge is 2.18. The third kappa shape index (κ3) is 4.57. The summed E-state index contributed by atoms with van der Waals surface area (Å²) in [7, 11) is 3.66. The Morgan fingerprint density at radius 3 is 2.67 bits per heavy atom. The zero-order valence-corrected chi connectivity index (χ0v) is 15.8. The van der Waals surface area contributed by atoms with Gasteiger partial charge in [0.15, 0.2) is 11.5 Å². The zero-order chi connectivity index (χ0) is 19.1. The van der Waals surface area contributed by atoms with Gasteiger partial charge in [0.1, 0.15) is 12.4 Å². The Morgan fingerprint density at radius 2 is 2.00 bits per heavy atom. The van der Waals surface area contributed by atoms with Crippen LogP contribution >= 0.6 is 0 Å². The maximum atomic E-state index is 5.62. The Balaban J connectivity index is 1.79. The molecular formula is C22H25N3O2. The molecule has 1 atom stereocenters. The van der Waals surface area contributed by atoms with Crippen molar-refractivity contribution < 1.29 is 9.47 Å². The fourth-order valence-corrected chi connectivity index (χ4v) is 2.97. The molecule has 2 aromatic carbocycles. The quantitative estimate of drug-likeness (QED) is 0.586. The number of ether oxygens (including phenoxy) is 2. The monoisotopic (exact) mass is 363 g/mol. The molecule has 140 valence electrons. The molecule has 1 heterocycles. The molecule has 0 amide bonds. The van der Waals surface area contributed by atoms with Crippen molar-refractivity contribution in [1.29, 1.82) is 0 Å². The van der Waals surface area contributed by atoms with Crippen molar-refractivity contribution in [1.82, 2.24) is 14.9 Å². The molecule has 0 aliphatic carbocycles. The van der Waals surface area contributed by atoms with Crippen LogP contribution in [0.15, 0.2) is 73.6 Å². The normalized spacial score (nSPS) is 11.8. The summed E-state index contributed by atoms with van der Waals surface area (Å²) in [6.45, 7) is 4.79. The highest BCUT2D eigenvalue weighted by atomic mass is 16.5. The van der Waals surface area contributed by atoms with Crippen LogP contribution in [0.5, 0.6) is 11.5 Å². The SMILES string of the molecule is C=CCOc1ccc(CN[C@H](c2ccccc2)c2nccn2C)cc1OC. The number of imidazole rings is 1. The van der Waals surface area contributed by atoms with Gasteiger partial charge in [0.2, 0.25) is 0 Å². The largest absolute Gasteiger partial charge is 0.493 e. The molecule has 1 N–H and O–H groups in total. The lowest BCUT2D eigenvalue weighted by atomic mass is 10.1.